The Kier molecular flexibility index (Phi) is 2.92. The Hall–Kier alpha value is -1.77. The molecule has 3 nitrogen and oxygen atoms in total. The van der Waals surface area contributed by atoms with Crippen LogP contribution in [0.25, 0.3) is 0 Å². The van der Waals surface area contributed by atoms with Crippen LogP contribution in [0.5, 0.6) is 5.75 Å². The van der Waals surface area contributed by atoms with Gasteiger partial charge in [0.2, 0.25) is 0 Å². The third kappa shape index (κ3) is 2.36. The van der Waals surface area contributed by atoms with Gasteiger partial charge >= 0.3 is 0 Å². The predicted molar refractivity (Wildman–Crippen MR) is 56.3 cm³/mol. The van der Waals surface area contributed by atoms with Crippen molar-refractivity contribution in [1.29, 1.82) is 0 Å². The van der Waals surface area contributed by atoms with Crippen LogP contribution in [0.4, 0.5) is 5.69 Å². The maximum Gasteiger partial charge on any atom is 0.250 e. The molecule has 0 bridgehead atoms. The van der Waals surface area contributed by atoms with E-state index in [4.69, 9.17) is 0 Å². The molecule has 2 N–H and O–H groups in total. The fraction of sp³-hybridized carbons (Fsp3) is 0.182. The average molecular weight is 191 g/mol. The molecule has 1 amide bonds. The van der Waals surface area contributed by atoms with E-state index in [9.17, 15) is 9.90 Å². The molecule has 0 atom stereocenters. The van der Waals surface area contributed by atoms with Crippen molar-refractivity contribution in [2.45, 2.75) is 13.8 Å². The molecule has 0 unspecified atom stereocenters. The molecule has 0 aliphatic rings. The first kappa shape index (κ1) is 10.3. The molecule has 74 valence electrons. The Morgan fingerprint density at radius 3 is 2.64 bits per heavy atom. The molecule has 0 heterocycles. The predicted octanol–water partition coefficient (Wildman–Crippen LogP) is 2.22. The topological polar surface area (TPSA) is 49.3 Å². The van der Waals surface area contributed by atoms with Crippen LogP contribution in [0.3, 0.4) is 0 Å². The maximum atomic E-state index is 11.2. The van der Waals surface area contributed by atoms with Gasteiger partial charge in [0, 0.05) is 5.57 Å². The van der Waals surface area contributed by atoms with Crippen molar-refractivity contribution < 1.29 is 9.90 Å². The number of aryl methyl sites for hydroxylation is 1. The van der Waals surface area contributed by atoms with Gasteiger partial charge in [-0.1, -0.05) is 12.6 Å². The van der Waals surface area contributed by atoms with E-state index < -0.39 is 0 Å². The summed E-state index contributed by atoms with van der Waals surface area (Å²) in [5, 5.41) is 12.0. The summed E-state index contributed by atoms with van der Waals surface area (Å²) >= 11 is 0. The minimum Gasteiger partial charge on any atom is -0.506 e. The van der Waals surface area contributed by atoms with Crippen molar-refractivity contribution in [3.63, 3.8) is 0 Å². The Bertz CT molecular complexity index is 383. The zero-order chi connectivity index (χ0) is 10.7. The summed E-state index contributed by atoms with van der Waals surface area (Å²) in [4.78, 5) is 11.2. The van der Waals surface area contributed by atoms with E-state index in [2.05, 4.69) is 11.9 Å². The van der Waals surface area contributed by atoms with Crippen LogP contribution in [0, 0.1) is 6.92 Å². The third-order valence-corrected chi connectivity index (χ3v) is 1.79. The standard InChI is InChI=1S/C11H13NO2/c1-7(2)11(14)12-9-5-4-8(3)6-10(9)13/h4-6,13H,1H2,2-3H3,(H,12,14). The van der Waals surface area contributed by atoms with E-state index in [0.29, 0.717) is 11.3 Å². The van der Waals surface area contributed by atoms with Crippen molar-refractivity contribution in [3.05, 3.63) is 35.9 Å². The number of benzene rings is 1. The fourth-order valence-electron chi connectivity index (χ4n) is 0.976. The van der Waals surface area contributed by atoms with Gasteiger partial charge in [0.15, 0.2) is 0 Å². The lowest BCUT2D eigenvalue weighted by Gasteiger charge is -2.07. The van der Waals surface area contributed by atoms with Crippen LogP contribution < -0.4 is 5.32 Å². The highest BCUT2D eigenvalue weighted by molar-refractivity contribution is 6.03. The van der Waals surface area contributed by atoms with Crippen LogP contribution in [0.15, 0.2) is 30.4 Å². The van der Waals surface area contributed by atoms with E-state index in [-0.39, 0.29) is 11.7 Å². The normalized spacial score (nSPS) is 9.57. The van der Waals surface area contributed by atoms with Gasteiger partial charge in [0.25, 0.3) is 5.91 Å². The van der Waals surface area contributed by atoms with Gasteiger partial charge in [-0.3, -0.25) is 4.79 Å². The molecule has 0 aromatic heterocycles. The van der Waals surface area contributed by atoms with E-state index in [1.54, 1.807) is 19.1 Å². The van der Waals surface area contributed by atoms with E-state index in [0.717, 1.165) is 5.56 Å². The molecule has 1 aromatic rings. The minimum atomic E-state index is -0.288. The lowest BCUT2D eigenvalue weighted by atomic mass is 10.2. The summed E-state index contributed by atoms with van der Waals surface area (Å²) in [7, 11) is 0. The molecular formula is C11H13NO2. The lowest BCUT2D eigenvalue weighted by Crippen LogP contribution is -2.11. The summed E-state index contributed by atoms with van der Waals surface area (Å²) in [6.07, 6.45) is 0. The minimum absolute atomic E-state index is 0.0691. The lowest BCUT2D eigenvalue weighted by molar-refractivity contribution is -0.112. The van der Waals surface area contributed by atoms with E-state index in [1.165, 1.54) is 0 Å². The number of carbonyl (C=O) groups is 1. The zero-order valence-corrected chi connectivity index (χ0v) is 8.29. The number of rotatable bonds is 2. The van der Waals surface area contributed by atoms with Crippen LogP contribution in [0.2, 0.25) is 0 Å². The van der Waals surface area contributed by atoms with E-state index in [1.807, 2.05) is 13.0 Å². The Balaban J connectivity index is 2.87. The molecule has 1 aromatic carbocycles. The molecule has 14 heavy (non-hydrogen) atoms. The molecule has 0 spiro atoms. The summed E-state index contributed by atoms with van der Waals surface area (Å²) in [6, 6.07) is 5.06. The second kappa shape index (κ2) is 3.96. The maximum absolute atomic E-state index is 11.2. The summed E-state index contributed by atoms with van der Waals surface area (Å²) < 4.78 is 0. The summed E-state index contributed by atoms with van der Waals surface area (Å²) in [6.45, 7) is 6.98. The Labute approximate surface area is 83.1 Å². The number of aromatic hydroxyl groups is 1. The first-order valence-corrected chi connectivity index (χ1v) is 4.27. The first-order valence-electron chi connectivity index (χ1n) is 4.27. The number of carbonyl (C=O) groups excluding carboxylic acids is 1. The van der Waals surface area contributed by atoms with Crippen LogP contribution in [-0.4, -0.2) is 11.0 Å². The Morgan fingerprint density at radius 1 is 1.50 bits per heavy atom. The van der Waals surface area contributed by atoms with Crippen LogP contribution >= 0.6 is 0 Å². The van der Waals surface area contributed by atoms with Crippen LogP contribution in [0.1, 0.15) is 12.5 Å². The molecule has 0 aliphatic carbocycles. The molecule has 1 rings (SSSR count). The fourth-order valence-corrected chi connectivity index (χ4v) is 0.976. The van der Waals surface area contributed by atoms with Crippen molar-refractivity contribution >= 4 is 11.6 Å². The van der Waals surface area contributed by atoms with Crippen LogP contribution in [-0.2, 0) is 4.79 Å². The highest BCUT2D eigenvalue weighted by Gasteiger charge is 2.06. The summed E-state index contributed by atoms with van der Waals surface area (Å²) in [5.74, 6) is -0.219. The van der Waals surface area contributed by atoms with Gasteiger partial charge in [-0.15, -0.1) is 0 Å². The molecule has 0 fully saturated rings. The smallest absolute Gasteiger partial charge is 0.250 e. The molecule has 0 aliphatic heterocycles. The van der Waals surface area contributed by atoms with Gasteiger partial charge in [-0.2, -0.15) is 0 Å². The summed E-state index contributed by atoms with van der Waals surface area (Å²) in [5.41, 5.74) is 1.75. The third-order valence-electron chi connectivity index (χ3n) is 1.79. The average Bonchev–Trinajstić information content (AvgIpc) is 2.09. The molecular weight excluding hydrogens is 178 g/mol. The van der Waals surface area contributed by atoms with E-state index >= 15 is 0 Å². The highest BCUT2D eigenvalue weighted by Crippen LogP contribution is 2.23. The Morgan fingerprint density at radius 2 is 2.14 bits per heavy atom. The van der Waals surface area contributed by atoms with Gasteiger partial charge in [-0.25, -0.2) is 0 Å². The number of anilines is 1. The number of nitrogens with one attached hydrogen (secondary N) is 1. The SMILES string of the molecule is C=C(C)C(=O)Nc1ccc(C)cc1O. The molecule has 3 heteroatoms. The molecule has 0 radical (unpaired) electrons. The first-order chi connectivity index (χ1) is 6.50. The monoisotopic (exact) mass is 191 g/mol. The molecule has 0 saturated carbocycles. The van der Waals surface area contributed by atoms with Gasteiger partial charge in [0.05, 0.1) is 5.69 Å². The van der Waals surface area contributed by atoms with Gasteiger partial charge in [0.1, 0.15) is 5.75 Å². The van der Waals surface area contributed by atoms with Crippen molar-refractivity contribution in [3.8, 4) is 5.75 Å². The number of amides is 1. The number of hydrogen-bond donors (Lipinski definition) is 2. The number of hydrogen-bond acceptors (Lipinski definition) is 2. The largest absolute Gasteiger partial charge is 0.506 e. The quantitative estimate of drug-likeness (QED) is 0.556. The van der Waals surface area contributed by atoms with Crippen molar-refractivity contribution in [2.75, 3.05) is 5.32 Å². The number of phenols is 1. The van der Waals surface area contributed by atoms with Crippen molar-refractivity contribution in [2.24, 2.45) is 0 Å². The van der Waals surface area contributed by atoms with Gasteiger partial charge < -0.3 is 10.4 Å². The zero-order valence-electron chi connectivity index (χ0n) is 8.29. The highest BCUT2D eigenvalue weighted by atomic mass is 16.3. The second-order valence-electron chi connectivity index (χ2n) is 3.26. The van der Waals surface area contributed by atoms with Crippen molar-refractivity contribution in [1.82, 2.24) is 0 Å². The second-order valence-corrected chi connectivity index (χ2v) is 3.26. The van der Waals surface area contributed by atoms with Gasteiger partial charge in [-0.05, 0) is 31.5 Å². The molecule has 0 saturated heterocycles. The number of phenolic OH excluding ortho intramolecular Hbond substituents is 1.